The summed E-state index contributed by atoms with van der Waals surface area (Å²) in [5.74, 6) is -0.360. The molecule has 0 unspecified atom stereocenters. The average molecular weight is 335 g/mol. The Bertz CT molecular complexity index is 620. The molecule has 1 aromatic rings. The van der Waals surface area contributed by atoms with Crippen LogP contribution >= 0.6 is 0 Å². The van der Waals surface area contributed by atoms with E-state index in [9.17, 15) is 14.0 Å². The summed E-state index contributed by atoms with van der Waals surface area (Å²) >= 11 is 0. The summed E-state index contributed by atoms with van der Waals surface area (Å²) in [6, 6.07) is 5.98. The first-order valence-electron chi connectivity index (χ1n) is 8.02. The van der Waals surface area contributed by atoms with Crippen LogP contribution in [0.15, 0.2) is 24.3 Å². The second-order valence-corrected chi connectivity index (χ2v) is 6.60. The van der Waals surface area contributed by atoms with Crippen LogP contribution in [0.3, 0.4) is 0 Å². The molecule has 2 atom stereocenters. The van der Waals surface area contributed by atoms with E-state index in [1.54, 1.807) is 21.9 Å². The van der Waals surface area contributed by atoms with Crippen molar-refractivity contribution in [2.45, 2.75) is 18.7 Å². The Kier molecular flexibility index (Phi) is 4.82. The van der Waals surface area contributed by atoms with E-state index in [1.165, 1.54) is 12.1 Å². The van der Waals surface area contributed by atoms with E-state index >= 15 is 0 Å². The number of hydrogen-bond donors (Lipinski definition) is 0. The molecule has 0 bridgehead atoms. The topological polar surface area (TPSA) is 53.1 Å². The highest BCUT2D eigenvalue weighted by molar-refractivity contribution is 5.81. The van der Waals surface area contributed by atoms with E-state index in [0.29, 0.717) is 26.2 Å². The molecular formula is C17H22FN3O3. The summed E-state index contributed by atoms with van der Waals surface area (Å²) in [6.45, 7) is 1.75. The van der Waals surface area contributed by atoms with Crippen molar-refractivity contribution in [1.82, 2.24) is 14.7 Å². The van der Waals surface area contributed by atoms with Crippen molar-refractivity contribution in [3.05, 3.63) is 35.6 Å². The van der Waals surface area contributed by atoms with Crippen molar-refractivity contribution in [3.8, 4) is 0 Å². The number of carbonyl (C=O) groups excluding carboxylic acids is 2. The van der Waals surface area contributed by atoms with Crippen LogP contribution in [0.5, 0.6) is 0 Å². The Morgan fingerprint density at radius 3 is 2.67 bits per heavy atom. The predicted octanol–water partition coefficient (Wildman–Crippen LogP) is 0.326. The summed E-state index contributed by atoms with van der Waals surface area (Å²) in [6.07, 6.45) is -0.158. The molecule has 0 aromatic heterocycles. The molecule has 2 heterocycles. The zero-order chi connectivity index (χ0) is 17.3. The van der Waals surface area contributed by atoms with E-state index in [4.69, 9.17) is 4.74 Å². The van der Waals surface area contributed by atoms with E-state index in [1.807, 2.05) is 19.0 Å². The van der Waals surface area contributed by atoms with Crippen molar-refractivity contribution in [2.75, 3.05) is 40.3 Å². The highest BCUT2D eigenvalue weighted by Crippen LogP contribution is 2.25. The standard InChI is InChI=1S/C17H22FN3O3/c1-19(2)10-16(22)20-8-14-15(9-20)24-11-17(23)21(14)7-12-3-5-13(18)6-4-12/h3-6,14-15H,7-11H2,1-2H3/t14-,15-/m1/s1. The fourth-order valence-electron chi connectivity index (χ4n) is 3.23. The van der Waals surface area contributed by atoms with Crippen LogP contribution in [0.2, 0.25) is 0 Å². The van der Waals surface area contributed by atoms with E-state index < -0.39 is 0 Å². The highest BCUT2D eigenvalue weighted by Gasteiger charge is 2.44. The number of likely N-dealkylation sites (N-methyl/N-ethyl adjacent to an activating group) is 1. The Morgan fingerprint density at radius 2 is 2.00 bits per heavy atom. The average Bonchev–Trinajstić information content (AvgIpc) is 2.96. The van der Waals surface area contributed by atoms with Gasteiger partial charge in [0.1, 0.15) is 12.4 Å². The van der Waals surface area contributed by atoms with Crippen molar-refractivity contribution < 1.29 is 18.7 Å². The van der Waals surface area contributed by atoms with Gasteiger partial charge in [0.05, 0.1) is 18.7 Å². The van der Waals surface area contributed by atoms with Crippen LogP contribution in [0, 0.1) is 5.82 Å². The molecule has 3 rings (SSSR count). The molecule has 6 nitrogen and oxygen atoms in total. The maximum Gasteiger partial charge on any atom is 0.249 e. The summed E-state index contributed by atoms with van der Waals surface area (Å²) in [5.41, 5.74) is 0.864. The van der Waals surface area contributed by atoms with Gasteiger partial charge in [-0.3, -0.25) is 9.59 Å². The van der Waals surface area contributed by atoms with Crippen molar-refractivity contribution in [1.29, 1.82) is 0 Å². The van der Waals surface area contributed by atoms with Crippen LogP contribution in [-0.2, 0) is 20.9 Å². The second-order valence-electron chi connectivity index (χ2n) is 6.60. The van der Waals surface area contributed by atoms with E-state index in [-0.39, 0.29) is 36.4 Å². The molecule has 7 heteroatoms. The number of nitrogens with zero attached hydrogens (tertiary/aromatic N) is 3. The highest BCUT2D eigenvalue weighted by atomic mass is 19.1. The molecule has 0 saturated carbocycles. The summed E-state index contributed by atoms with van der Waals surface area (Å²) < 4.78 is 18.7. The normalized spacial score (nSPS) is 23.8. The van der Waals surface area contributed by atoms with Crippen molar-refractivity contribution in [2.24, 2.45) is 0 Å². The molecular weight excluding hydrogens is 313 g/mol. The van der Waals surface area contributed by atoms with Gasteiger partial charge >= 0.3 is 0 Å². The third kappa shape index (κ3) is 3.57. The monoisotopic (exact) mass is 335 g/mol. The van der Waals surface area contributed by atoms with Crippen LogP contribution in [-0.4, -0.2) is 79.0 Å². The summed E-state index contributed by atoms with van der Waals surface area (Å²) in [7, 11) is 3.70. The number of fused-ring (bicyclic) bond motifs is 1. The number of ether oxygens (including phenoxy) is 1. The Labute approximate surface area is 140 Å². The largest absolute Gasteiger partial charge is 0.364 e. The number of hydrogen-bond acceptors (Lipinski definition) is 4. The Hall–Kier alpha value is -1.99. The Morgan fingerprint density at radius 1 is 1.29 bits per heavy atom. The van der Waals surface area contributed by atoms with Crippen LogP contribution in [0.4, 0.5) is 4.39 Å². The fraction of sp³-hybridized carbons (Fsp3) is 0.529. The van der Waals surface area contributed by atoms with Gasteiger partial charge in [0.15, 0.2) is 0 Å². The molecule has 130 valence electrons. The molecule has 0 aliphatic carbocycles. The molecule has 2 amide bonds. The number of rotatable bonds is 4. The Balaban J connectivity index is 1.71. The minimum absolute atomic E-state index is 0.0259. The van der Waals surface area contributed by atoms with Crippen LogP contribution in [0.1, 0.15) is 5.56 Å². The molecule has 2 fully saturated rings. The number of halogens is 1. The predicted molar refractivity (Wildman–Crippen MR) is 85.6 cm³/mol. The molecule has 2 saturated heterocycles. The minimum atomic E-state index is -0.300. The lowest BCUT2D eigenvalue weighted by atomic mass is 10.1. The smallest absolute Gasteiger partial charge is 0.249 e. The number of likely N-dealkylation sites (tertiary alicyclic amines) is 1. The first-order chi connectivity index (χ1) is 11.4. The number of amides is 2. The summed E-state index contributed by atoms with van der Waals surface area (Å²) in [4.78, 5) is 29.9. The number of benzene rings is 1. The van der Waals surface area contributed by atoms with Gasteiger partial charge in [-0.05, 0) is 31.8 Å². The fourth-order valence-corrected chi connectivity index (χ4v) is 3.23. The minimum Gasteiger partial charge on any atom is -0.364 e. The third-order valence-corrected chi connectivity index (χ3v) is 4.45. The molecule has 24 heavy (non-hydrogen) atoms. The molecule has 0 N–H and O–H groups in total. The lowest BCUT2D eigenvalue weighted by Gasteiger charge is -2.36. The molecule has 0 spiro atoms. The van der Waals surface area contributed by atoms with Gasteiger partial charge in [-0.2, -0.15) is 0 Å². The maximum atomic E-state index is 13.1. The molecule has 1 aromatic carbocycles. The number of carbonyl (C=O) groups is 2. The van der Waals surface area contributed by atoms with Crippen LogP contribution < -0.4 is 0 Å². The zero-order valence-electron chi connectivity index (χ0n) is 13.9. The molecule has 0 radical (unpaired) electrons. The third-order valence-electron chi connectivity index (χ3n) is 4.45. The van der Waals surface area contributed by atoms with Crippen molar-refractivity contribution >= 4 is 11.8 Å². The summed E-state index contributed by atoms with van der Waals surface area (Å²) in [5, 5.41) is 0. The first kappa shape index (κ1) is 16.9. The second kappa shape index (κ2) is 6.86. The lowest BCUT2D eigenvalue weighted by molar-refractivity contribution is -0.153. The first-order valence-corrected chi connectivity index (χ1v) is 8.02. The van der Waals surface area contributed by atoms with Gasteiger partial charge in [-0.25, -0.2) is 4.39 Å². The lowest BCUT2D eigenvalue weighted by Crippen LogP contribution is -2.53. The molecule has 2 aliphatic heterocycles. The number of morpholine rings is 1. The van der Waals surface area contributed by atoms with Gasteiger partial charge < -0.3 is 19.4 Å². The van der Waals surface area contributed by atoms with Gasteiger partial charge in [-0.15, -0.1) is 0 Å². The van der Waals surface area contributed by atoms with Gasteiger partial charge in [0.2, 0.25) is 11.8 Å². The maximum absolute atomic E-state index is 13.1. The van der Waals surface area contributed by atoms with Crippen molar-refractivity contribution in [3.63, 3.8) is 0 Å². The zero-order valence-corrected chi connectivity index (χ0v) is 13.9. The van der Waals surface area contributed by atoms with Gasteiger partial charge in [0.25, 0.3) is 0 Å². The molecule has 2 aliphatic rings. The van der Waals surface area contributed by atoms with Gasteiger partial charge in [0, 0.05) is 19.6 Å². The van der Waals surface area contributed by atoms with E-state index in [2.05, 4.69) is 0 Å². The van der Waals surface area contributed by atoms with E-state index in [0.717, 1.165) is 5.56 Å². The quantitative estimate of drug-likeness (QED) is 0.796. The SMILES string of the molecule is CN(C)CC(=O)N1C[C@@H]2[C@@H](C1)OCC(=O)N2Cc1ccc(F)cc1. The van der Waals surface area contributed by atoms with Gasteiger partial charge in [-0.1, -0.05) is 12.1 Å². The van der Waals surface area contributed by atoms with Crippen LogP contribution in [0.25, 0.3) is 0 Å².